The van der Waals surface area contributed by atoms with Crippen LogP contribution in [0.2, 0.25) is 0 Å². The molecule has 0 aromatic heterocycles. The van der Waals surface area contributed by atoms with E-state index in [2.05, 4.69) is 14.8 Å². The molecule has 5 atom stereocenters. The highest BCUT2D eigenvalue weighted by Gasteiger charge is 2.28. The number of cyclic esters (lactones) is 2. The Morgan fingerprint density at radius 2 is 1.09 bits per heavy atom. The summed E-state index contributed by atoms with van der Waals surface area (Å²) in [6.45, 7) is 7.88. The zero-order chi connectivity index (χ0) is 34.8. The first-order chi connectivity index (χ1) is 22.1. The third-order valence-corrected chi connectivity index (χ3v) is 10.6. The minimum atomic E-state index is -4.01. The summed E-state index contributed by atoms with van der Waals surface area (Å²) in [5.41, 5.74) is 1.77. The Hall–Kier alpha value is -3.85. The minimum absolute atomic E-state index is 0.0279. The number of ether oxygens (including phenoxy) is 2. The topological polar surface area (TPSA) is 174 Å². The van der Waals surface area contributed by atoms with E-state index in [0.717, 1.165) is 11.1 Å². The molecule has 0 unspecified atom stereocenters. The van der Waals surface area contributed by atoms with Gasteiger partial charge in [0, 0.05) is 6.42 Å². The maximum Gasteiger partial charge on any atom is 0.328 e. The first-order valence-corrected chi connectivity index (χ1v) is 18.2. The maximum atomic E-state index is 13.2. The number of nitrogens with one attached hydrogen (secondary N) is 3. The van der Waals surface area contributed by atoms with Crippen LogP contribution in [0.1, 0.15) is 44.7 Å². The van der Waals surface area contributed by atoms with E-state index in [1.54, 1.807) is 50.3 Å². The Balaban J connectivity index is 1.84. The van der Waals surface area contributed by atoms with Crippen LogP contribution in [-0.2, 0) is 43.9 Å². The Kier molecular flexibility index (Phi) is 13.5. The summed E-state index contributed by atoms with van der Waals surface area (Å²) in [4.78, 5) is 38.1. The summed E-state index contributed by atoms with van der Waals surface area (Å²) < 4.78 is 68.6. The lowest BCUT2D eigenvalue weighted by Gasteiger charge is -2.24. The Morgan fingerprint density at radius 1 is 0.660 bits per heavy atom. The SMILES string of the molecule is Cc1ccc(S(=O)(=O)N[C@@H]2COC(=O)CC=C[C@@H](C)[C@H](NS(=O)(=O)c3ccc(C)cc3)COC(=O)[C@H](C)NC(=O)CC=C[C@H]2C)cc1. The lowest BCUT2D eigenvalue weighted by atomic mass is 10.0. The predicted octanol–water partition coefficient (Wildman–Crippen LogP) is 3.07. The van der Waals surface area contributed by atoms with Crippen molar-refractivity contribution >= 4 is 37.9 Å². The van der Waals surface area contributed by atoms with Gasteiger partial charge in [-0.25, -0.2) is 31.1 Å². The number of hydrogen-bond acceptors (Lipinski definition) is 9. The van der Waals surface area contributed by atoms with Gasteiger partial charge < -0.3 is 14.8 Å². The van der Waals surface area contributed by atoms with Crippen molar-refractivity contribution in [3.05, 3.63) is 84.0 Å². The second-order valence-corrected chi connectivity index (χ2v) is 15.1. The molecule has 3 rings (SSSR count). The number of esters is 2. The molecule has 14 heteroatoms. The number of benzene rings is 2. The predicted molar refractivity (Wildman–Crippen MR) is 176 cm³/mol. The van der Waals surface area contributed by atoms with Gasteiger partial charge in [-0.15, -0.1) is 0 Å². The van der Waals surface area contributed by atoms with Gasteiger partial charge in [0.15, 0.2) is 0 Å². The van der Waals surface area contributed by atoms with Crippen molar-refractivity contribution in [1.82, 2.24) is 14.8 Å². The van der Waals surface area contributed by atoms with Gasteiger partial charge in [0.2, 0.25) is 26.0 Å². The number of carbonyl (C=O) groups excluding carboxylic acids is 3. The van der Waals surface area contributed by atoms with Gasteiger partial charge in [-0.05, 0) is 56.9 Å². The molecule has 0 aliphatic carbocycles. The van der Waals surface area contributed by atoms with Gasteiger partial charge in [0.25, 0.3) is 0 Å². The van der Waals surface area contributed by atoms with Gasteiger partial charge in [-0.3, -0.25) is 9.59 Å². The zero-order valence-corrected chi connectivity index (χ0v) is 28.8. The number of hydrogen-bond donors (Lipinski definition) is 3. The molecule has 3 N–H and O–H groups in total. The second kappa shape index (κ2) is 16.8. The molecule has 47 heavy (non-hydrogen) atoms. The fourth-order valence-electron chi connectivity index (χ4n) is 4.49. The monoisotopic (exact) mass is 689 g/mol. The van der Waals surface area contributed by atoms with Crippen molar-refractivity contribution in [3.63, 3.8) is 0 Å². The van der Waals surface area contributed by atoms with Crippen LogP contribution >= 0.6 is 0 Å². The fraction of sp³-hybridized carbons (Fsp3) is 0.424. The molecule has 256 valence electrons. The standard InChI is InChI=1S/C33H43N3O9S2/c1-22-12-16-27(17-13-22)46(40,41)35-29-20-44-32(38)11-7-9-25(4)30(36-47(42,43)28-18-14-23(2)15-19-28)21-45-33(39)26(5)34-31(37)10-6-8-24(29)3/h6-9,12-19,24-26,29-30,35-36H,10-11,20-21H2,1-5H3,(H,34,37)/t24-,25-,26+,29-,30-/m1/s1. The van der Waals surface area contributed by atoms with E-state index < -0.39 is 67.9 Å². The average molecular weight is 690 g/mol. The van der Waals surface area contributed by atoms with Crippen LogP contribution < -0.4 is 14.8 Å². The summed E-state index contributed by atoms with van der Waals surface area (Å²) in [5, 5.41) is 2.55. The highest BCUT2D eigenvalue weighted by Crippen LogP contribution is 2.17. The summed E-state index contributed by atoms with van der Waals surface area (Å²) in [5.74, 6) is -2.96. The normalized spacial score (nSPS) is 24.3. The Morgan fingerprint density at radius 3 is 1.55 bits per heavy atom. The summed E-state index contributed by atoms with van der Waals surface area (Å²) in [6.07, 6.45) is 5.95. The molecule has 0 spiro atoms. The lowest BCUT2D eigenvalue weighted by Crippen LogP contribution is -2.45. The lowest BCUT2D eigenvalue weighted by molar-refractivity contribution is -0.148. The first-order valence-electron chi connectivity index (χ1n) is 15.2. The largest absolute Gasteiger partial charge is 0.464 e. The molecule has 12 nitrogen and oxygen atoms in total. The molecule has 2 aromatic carbocycles. The molecule has 1 aliphatic rings. The van der Waals surface area contributed by atoms with Crippen molar-refractivity contribution in [1.29, 1.82) is 0 Å². The zero-order valence-electron chi connectivity index (χ0n) is 27.1. The molecule has 0 radical (unpaired) electrons. The number of amides is 1. The van der Waals surface area contributed by atoms with E-state index in [-0.39, 0.29) is 35.8 Å². The average Bonchev–Trinajstić information content (AvgIpc) is 3.00. The van der Waals surface area contributed by atoms with Crippen LogP contribution in [-0.4, -0.2) is 66.0 Å². The van der Waals surface area contributed by atoms with E-state index in [1.165, 1.54) is 43.3 Å². The van der Waals surface area contributed by atoms with Gasteiger partial charge in [0.05, 0.1) is 28.3 Å². The number of aryl methyl sites for hydroxylation is 2. The van der Waals surface area contributed by atoms with E-state index in [4.69, 9.17) is 9.47 Å². The molecule has 1 amide bonds. The van der Waals surface area contributed by atoms with Crippen LogP contribution in [0.4, 0.5) is 0 Å². The van der Waals surface area contributed by atoms with Gasteiger partial charge >= 0.3 is 11.9 Å². The first kappa shape index (κ1) is 37.6. The van der Waals surface area contributed by atoms with Crippen molar-refractivity contribution < 1.29 is 40.7 Å². The molecule has 0 bridgehead atoms. The molecule has 0 saturated carbocycles. The van der Waals surface area contributed by atoms with Gasteiger partial charge in [0.1, 0.15) is 19.3 Å². The molecule has 1 heterocycles. The summed E-state index contributed by atoms with van der Waals surface area (Å²) in [6, 6.07) is 9.72. The van der Waals surface area contributed by atoms with Crippen LogP contribution in [0.5, 0.6) is 0 Å². The quantitative estimate of drug-likeness (QED) is 0.304. The van der Waals surface area contributed by atoms with Crippen LogP contribution in [0.3, 0.4) is 0 Å². The number of rotatable bonds is 6. The van der Waals surface area contributed by atoms with Crippen LogP contribution in [0, 0.1) is 25.7 Å². The molecule has 1 aliphatic heterocycles. The highest BCUT2D eigenvalue weighted by molar-refractivity contribution is 7.89. The van der Waals surface area contributed by atoms with Gasteiger partial charge in [-0.1, -0.05) is 73.5 Å². The Labute approximate surface area is 277 Å². The molecule has 0 fully saturated rings. The molecular weight excluding hydrogens is 647 g/mol. The summed E-state index contributed by atoms with van der Waals surface area (Å²) >= 11 is 0. The third-order valence-electron chi connectivity index (χ3n) is 7.57. The third kappa shape index (κ3) is 11.7. The fourth-order valence-corrected chi connectivity index (χ4v) is 7.11. The van der Waals surface area contributed by atoms with Crippen molar-refractivity contribution in [2.24, 2.45) is 11.8 Å². The molecule has 0 saturated heterocycles. The van der Waals surface area contributed by atoms with Crippen molar-refractivity contribution in [3.8, 4) is 0 Å². The highest BCUT2D eigenvalue weighted by atomic mass is 32.2. The van der Waals surface area contributed by atoms with Crippen LogP contribution in [0.15, 0.2) is 82.6 Å². The van der Waals surface area contributed by atoms with Gasteiger partial charge in [-0.2, -0.15) is 0 Å². The van der Waals surface area contributed by atoms with E-state index in [1.807, 2.05) is 13.8 Å². The van der Waals surface area contributed by atoms with E-state index >= 15 is 0 Å². The maximum absolute atomic E-state index is 13.2. The number of carbonyl (C=O) groups is 3. The van der Waals surface area contributed by atoms with Crippen molar-refractivity contribution in [2.45, 2.75) is 75.4 Å². The second-order valence-electron chi connectivity index (χ2n) is 11.7. The van der Waals surface area contributed by atoms with E-state index in [9.17, 15) is 31.2 Å². The minimum Gasteiger partial charge on any atom is -0.464 e. The smallest absolute Gasteiger partial charge is 0.328 e. The number of sulfonamides is 2. The summed E-state index contributed by atoms with van der Waals surface area (Å²) in [7, 11) is -7.99. The van der Waals surface area contributed by atoms with Crippen molar-refractivity contribution in [2.75, 3.05) is 13.2 Å². The molecule has 2 aromatic rings. The molecular formula is C33H43N3O9S2. The van der Waals surface area contributed by atoms with E-state index in [0.29, 0.717) is 0 Å². The Bertz CT molecular complexity index is 1670. The van der Waals surface area contributed by atoms with Crippen LogP contribution in [0.25, 0.3) is 0 Å².